The molecule has 0 bridgehead atoms. The third-order valence-electron chi connectivity index (χ3n) is 3.07. The molecule has 0 saturated heterocycles. The second kappa shape index (κ2) is 7.61. The highest BCUT2D eigenvalue weighted by Crippen LogP contribution is 2.20. The van der Waals surface area contributed by atoms with Crippen molar-refractivity contribution in [3.63, 3.8) is 0 Å². The quantitative estimate of drug-likeness (QED) is 0.508. The first-order valence-corrected chi connectivity index (χ1v) is 7.02. The van der Waals surface area contributed by atoms with Gasteiger partial charge in [0.25, 0.3) is 0 Å². The van der Waals surface area contributed by atoms with Crippen molar-refractivity contribution in [2.24, 2.45) is 4.99 Å². The topological polar surface area (TPSA) is 67.8 Å². The van der Waals surface area contributed by atoms with Crippen LogP contribution in [0, 0.1) is 0 Å². The Kier molecular flexibility index (Phi) is 5.53. The van der Waals surface area contributed by atoms with E-state index in [0.717, 1.165) is 0 Å². The molecule has 0 aliphatic heterocycles. The minimum absolute atomic E-state index is 0.0213. The van der Waals surface area contributed by atoms with E-state index in [9.17, 15) is 22.8 Å². The van der Waals surface area contributed by atoms with Crippen molar-refractivity contribution >= 4 is 30.0 Å². The van der Waals surface area contributed by atoms with Crippen LogP contribution in [0.3, 0.4) is 0 Å². The number of carbonyl (C=O) groups is 2. The van der Waals surface area contributed by atoms with Crippen LogP contribution < -0.4 is 10.1 Å². The number of alkyl halides is 3. The van der Waals surface area contributed by atoms with Crippen LogP contribution >= 0.6 is 0 Å². The van der Waals surface area contributed by atoms with Gasteiger partial charge in [-0.1, -0.05) is 12.1 Å². The van der Waals surface area contributed by atoms with Crippen LogP contribution in [-0.4, -0.2) is 24.8 Å². The Morgan fingerprint density at radius 3 is 2.16 bits per heavy atom. The average Bonchev–Trinajstić information content (AvgIpc) is 2.56. The van der Waals surface area contributed by atoms with E-state index in [4.69, 9.17) is 4.74 Å². The summed E-state index contributed by atoms with van der Waals surface area (Å²) in [7, 11) is 0. The molecule has 0 fully saturated rings. The second-order valence-corrected chi connectivity index (χ2v) is 4.95. The highest BCUT2D eigenvalue weighted by molar-refractivity contribution is 5.94. The van der Waals surface area contributed by atoms with Gasteiger partial charge in [0.05, 0.1) is 12.1 Å². The number of nitrogens with one attached hydrogen (secondary N) is 1. The Bertz CT molecular complexity index is 769. The predicted octanol–water partition coefficient (Wildman–Crippen LogP) is 3.67. The molecule has 0 spiro atoms. The number of nitrogens with zero attached hydrogens (tertiary/aromatic N) is 1. The summed E-state index contributed by atoms with van der Waals surface area (Å²) < 4.78 is 41.6. The number of halogens is 3. The number of anilines is 1. The lowest BCUT2D eigenvalue weighted by Crippen LogP contribution is -2.29. The molecule has 2 aromatic carbocycles. The van der Waals surface area contributed by atoms with Gasteiger partial charge in [-0.2, -0.15) is 13.2 Å². The van der Waals surface area contributed by atoms with E-state index in [1.54, 1.807) is 29.6 Å². The minimum Gasteiger partial charge on any atom is -0.426 e. The molecule has 0 aromatic heterocycles. The largest absolute Gasteiger partial charge is 0.471 e. The van der Waals surface area contributed by atoms with Crippen molar-refractivity contribution in [1.29, 1.82) is 0 Å². The third-order valence-corrected chi connectivity index (χ3v) is 3.07. The van der Waals surface area contributed by atoms with Gasteiger partial charge in [-0.3, -0.25) is 14.6 Å². The number of rotatable bonds is 5. The lowest BCUT2D eigenvalue weighted by Gasteiger charge is -2.09. The van der Waals surface area contributed by atoms with Crippen molar-refractivity contribution in [3.8, 4) is 5.75 Å². The first kappa shape index (κ1) is 18.2. The van der Waals surface area contributed by atoms with E-state index in [0.29, 0.717) is 17.0 Å². The lowest BCUT2D eigenvalue weighted by atomic mass is 10.1. The van der Waals surface area contributed by atoms with E-state index >= 15 is 0 Å². The maximum absolute atomic E-state index is 12.2. The smallest absolute Gasteiger partial charge is 0.426 e. The number of carbonyl (C=O) groups excluding carboxylic acids is 2. The molecule has 0 aliphatic rings. The van der Waals surface area contributed by atoms with Gasteiger partial charge in [-0.25, -0.2) is 0 Å². The summed E-state index contributed by atoms with van der Waals surface area (Å²) in [5.41, 5.74) is 1.14. The molecule has 0 unspecified atom stereocenters. The van der Waals surface area contributed by atoms with E-state index in [1.165, 1.54) is 24.3 Å². The van der Waals surface area contributed by atoms with Crippen molar-refractivity contribution in [2.75, 3.05) is 5.32 Å². The molecule has 0 aliphatic carbocycles. The fourth-order valence-electron chi connectivity index (χ4n) is 1.86. The first-order valence-electron chi connectivity index (χ1n) is 7.02. The van der Waals surface area contributed by atoms with Crippen molar-refractivity contribution in [3.05, 3.63) is 54.1 Å². The molecule has 2 rings (SSSR count). The van der Waals surface area contributed by atoms with Gasteiger partial charge in [0.2, 0.25) is 0 Å². The molecule has 0 atom stereocenters. The molecular formula is C17H13F3N2O3. The van der Waals surface area contributed by atoms with E-state index in [1.807, 2.05) is 0 Å². The van der Waals surface area contributed by atoms with Crippen LogP contribution in [0.2, 0.25) is 0 Å². The normalized spacial score (nSPS) is 10.8. The van der Waals surface area contributed by atoms with Gasteiger partial charge < -0.3 is 10.1 Å². The standard InChI is InChI=1S/C17H13F3N2O3/c1-21-12-6-8-14(9-7-12)25-15(23)10-11-2-4-13(5-3-11)22-16(24)17(18,19)20/h2-9H,1,10H2,(H,22,24). The lowest BCUT2D eigenvalue weighted by molar-refractivity contribution is -0.167. The van der Waals surface area contributed by atoms with Crippen molar-refractivity contribution in [1.82, 2.24) is 0 Å². The Morgan fingerprint density at radius 1 is 1.04 bits per heavy atom. The monoisotopic (exact) mass is 350 g/mol. The maximum Gasteiger partial charge on any atom is 0.471 e. The Hall–Kier alpha value is -3.16. The predicted molar refractivity (Wildman–Crippen MR) is 86.1 cm³/mol. The summed E-state index contributed by atoms with van der Waals surface area (Å²) in [4.78, 5) is 26.4. The Balaban J connectivity index is 1.92. The van der Waals surface area contributed by atoms with Crippen LogP contribution in [0.15, 0.2) is 53.5 Å². The zero-order chi connectivity index (χ0) is 18.4. The second-order valence-electron chi connectivity index (χ2n) is 4.95. The summed E-state index contributed by atoms with van der Waals surface area (Å²) >= 11 is 0. The number of aliphatic imine (C=N–C) groups is 1. The van der Waals surface area contributed by atoms with Crippen LogP contribution in [0.4, 0.5) is 24.5 Å². The van der Waals surface area contributed by atoms with Crippen LogP contribution in [-0.2, 0) is 16.0 Å². The molecule has 0 saturated carbocycles. The molecule has 8 heteroatoms. The summed E-state index contributed by atoms with van der Waals surface area (Å²) in [6.07, 6.45) is -5.03. The number of benzene rings is 2. The van der Waals surface area contributed by atoms with E-state index < -0.39 is 18.1 Å². The number of hydrogen-bond acceptors (Lipinski definition) is 4. The van der Waals surface area contributed by atoms with Crippen LogP contribution in [0.5, 0.6) is 5.75 Å². The third kappa shape index (κ3) is 5.45. The highest BCUT2D eigenvalue weighted by Gasteiger charge is 2.38. The van der Waals surface area contributed by atoms with Gasteiger partial charge in [0.15, 0.2) is 0 Å². The summed E-state index contributed by atoms with van der Waals surface area (Å²) in [5.74, 6) is -2.25. The molecule has 2 aromatic rings. The molecule has 1 amide bonds. The van der Waals surface area contributed by atoms with E-state index in [2.05, 4.69) is 11.7 Å². The molecular weight excluding hydrogens is 337 g/mol. The van der Waals surface area contributed by atoms with Crippen LogP contribution in [0.25, 0.3) is 0 Å². The Morgan fingerprint density at radius 2 is 1.64 bits per heavy atom. The highest BCUT2D eigenvalue weighted by atomic mass is 19.4. The molecule has 130 valence electrons. The van der Waals surface area contributed by atoms with E-state index in [-0.39, 0.29) is 12.1 Å². The Labute approximate surface area is 141 Å². The number of esters is 1. The molecule has 1 N–H and O–H groups in total. The van der Waals surface area contributed by atoms with Gasteiger partial charge >= 0.3 is 18.1 Å². The van der Waals surface area contributed by atoms with Gasteiger partial charge in [0.1, 0.15) is 5.75 Å². The summed E-state index contributed by atoms with van der Waals surface area (Å²) in [5, 5.41) is 1.72. The van der Waals surface area contributed by atoms with Crippen LogP contribution in [0.1, 0.15) is 5.56 Å². The minimum atomic E-state index is -4.96. The number of hydrogen-bond donors (Lipinski definition) is 1. The maximum atomic E-state index is 12.2. The zero-order valence-electron chi connectivity index (χ0n) is 12.8. The van der Waals surface area contributed by atoms with Gasteiger partial charge in [0, 0.05) is 5.69 Å². The average molecular weight is 350 g/mol. The molecule has 0 radical (unpaired) electrons. The number of ether oxygens (including phenoxy) is 1. The van der Waals surface area contributed by atoms with Crippen molar-refractivity contribution in [2.45, 2.75) is 12.6 Å². The van der Waals surface area contributed by atoms with Gasteiger partial charge in [-0.05, 0) is 48.7 Å². The van der Waals surface area contributed by atoms with Gasteiger partial charge in [-0.15, -0.1) is 0 Å². The fourth-order valence-corrected chi connectivity index (χ4v) is 1.86. The SMILES string of the molecule is C=Nc1ccc(OC(=O)Cc2ccc(NC(=O)C(F)(F)F)cc2)cc1. The fraction of sp³-hybridized carbons (Fsp3) is 0.118. The van der Waals surface area contributed by atoms with Crippen molar-refractivity contribution < 1.29 is 27.5 Å². The number of amides is 1. The first-order chi connectivity index (χ1) is 11.8. The molecule has 25 heavy (non-hydrogen) atoms. The summed E-state index contributed by atoms with van der Waals surface area (Å²) in [6.45, 7) is 3.37. The zero-order valence-corrected chi connectivity index (χ0v) is 12.8. The molecule has 5 nitrogen and oxygen atoms in total. The molecule has 0 heterocycles. The summed E-state index contributed by atoms with van der Waals surface area (Å²) in [6, 6.07) is 11.8.